The normalized spacial score (nSPS) is 11.5. The Morgan fingerprint density at radius 3 is 2.67 bits per heavy atom. The second-order valence-corrected chi connectivity index (χ2v) is 4.34. The first kappa shape index (κ1) is 11.7. The van der Waals surface area contributed by atoms with E-state index >= 15 is 0 Å². The van der Waals surface area contributed by atoms with Crippen LogP contribution in [0.1, 0.15) is 19.7 Å². The molecule has 1 aromatic heterocycles. The lowest BCUT2D eigenvalue weighted by atomic mass is 10.1. The van der Waals surface area contributed by atoms with E-state index in [1.165, 1.54) is 0 Å². The Kier molecular flexibility index (Phi) is 3.14. The van der Waals surface area contributed by atoms with Crippen molar-refractivity contribution in [1.29, 1.82) is 0 Å². The van der Waals surface area contributed by atoms with Gasteiger partial charge in [0.1, 0.15) is 5.82 Å². The Hall–Kier alpha value is -1.36. The fraction of sp³-hybridized carbons (Fsp3) is 0.600. The molecule has 5 heteroatoms. The lowest BCUT2D eigenvalue weighted by Gasteiger charge is -2.25. The van der Waals surface area contributed by atoms with E-state index in [0.717, 1.165) is 5.82 Å². The Bertz CT molecular complexity index is 351. The maximum atomic E-state index is 11.8. The number of carbonyl (C=O) groups is 1. The van der Waals surface area contributed by atoms with Gasteiger partial charge in [-0.2, -0.15) is 0 Å². The van der Waals surface area contributed by atoms with E-state index < -0.39 is 5.54 Å². The van der Waals surface area contributed by atoms with E-state index in [2.05, 4.69) is 4.98 Å². The third kappa shape index (κ3) is 2.79. The monoisotopic (exact) mass is 210 g/mol. The number of hydrogen-bond donors (Lipinski definition) is 1. The quantitative estimate of drug-likeness (QED) is 0.770. The molecule has 1 heterocycles. The second kappa shape index (κ2) is 4.02. The molecule has 0 saturated heterocycles. The molecule has 0 fully saturated rings. The summed E-state index contributed by atoms with van der Waals surface area (Å²) in [5.41, 5.74) is 4.90. The largest absolute Gasteiger partial charge is 0.337 e. The molecular weight excluding hydrogens is 192 g/mol. The number of nitrogens with zero attached hydrogens (tertiary/aromatic N) is 3. The first-order valence-corrected chi connectivity index (χ1v) is 4.83. The summed E-state index contributed by atoms with van der Waals surface area (Å²) in [6, 6.07) is 0. The molecule has 0 aromatic carbocycles. The number of rotatable bonds is 3. The van der Waals surface area contributed by atoms with Gasteiger partial charge in [-0.25, -0.2) is 4.98 Å². The molecule has 1 rings (SSSR count). The lowest BCUT2D eigenvalue weighted by Crippen LogP contribution is -2.49. The average molecular weight is 210 g/mol. The zero-order chi connectivity index (χ0) is 11.6. The van der Waals surface area contributed by atoms with Gasteiger partial charge in [-0.05, 0) is 13.8 Å². The predicted octanol–water partition coefficient (Wildman–Crippen LogP) is 0.116. The number of nitrogens with two attached hydrogens (primary N) is 1. The summed E-state index contributed by atoms with van der Waals surface area (Å²) in [6.07, 6.45) is 3.56. The number of aromatic nitrogens is 2. The molecule has 0 atom stereocenters. The van der Waals surface area contributed by atoms with Crippen molar-refractivity contribution in [3.63, 3.8) is 0 Å². The van der Waals surface area contributed by atoms with Crippen molar-refractivity contribution in [2.45, 2.75) is 25.9 Å². The maximum Gasteiger partial charge on any atom is 0.242 e. The minimum atomic E-state index is -0.833. The van der Waals surface area contributed by atoms with Crippen LogP contribution in [0.3, 0.4) is 0 Å². The molecule has 0 bridgehead atoms. The van der Waals surface area contributed by atoms with Gasteiger partial charge in [-0.3, -0.25) is 4.79 Å². The molecule has 2 N–H and O–H groups in total. The fourth-order valence-electron chi connectivity index (χ4n) is 1.32. The molecule has 84 valence electrons. The van der Waals surface area contributed by atoms with Gasteiger partial charge >= 0.3 is 0 Å². The zero-order valence-electron chi connectivity index (χ0n) is 9.69. The first-order chi connectivity index (χ1) is 6.82. The van der Waals surface area contributed by atoms with E-state index in [0.29, 0.717) is 6.54 Å². The van der Waals surface area contributed by atoms with E-state index in [1.54, 1.807) is 32.0 Å². The minimum absolute atomic E-state index is 0.0921. The Labute approximate surface area is 89.9 Å². The van der Waals surface area contributed by atoms with Gasteiger partial charge in [0.05, 0.1) is 12.1 Å². The number of amides is 1. The molecule has 0 unspecified atom stereocenters. The third-order valence-electron chi connectivity index (χ3n) is 2.20. The predicted molar refractivity (Wildman–Crippen MR) is 57.9 cm³/mol. The van der Waals surface area contributed by atoms with Crippen molar-refractivity contribution in [3.05, 3.63) is 18.2 Å². The summed E-state index contributed by atoms with van der Waals surface area (Å²) in [5.74, 6) is 0.751. The third-order valence-corrected chi connectivity index (χ3v) is 2.20. The number of imidazole rings is 1. The summed E-state index contributed by atoms with van der Waals surface area (Å²) in [7, 11) is 3.62. The highest BCUT2D eigenvalue weighted by Crippen LogP contribution is 2.06. The van der Waals surface area contributed by atoms with Crippen molar-refractivity contribution in [1.82, 2.24) is 14.5 Å². The van der Waals surface area contributed by atoms with Crippen LogP contribution in [-0.2, 0) is 18.4 Å². The Morgan fingerprint density at radius 2 is 2.27 bits per heavy atom. The Balaban J connectivity index is 2.68. The van der Waals surface area contributed by atoms with Gasteiger partial charge < -0.3 is 15.2 Å². The van der Waals surface area contributed by atoms with Crippen LogP contribution < -0.4 is 5.73 Å². The van der Waals surface area contributed by atoms with Gasteiger partial charge in [0.25, 0.3) is 0 Å². The van der Waals surface area contributed by atoms with Crippen LogP contribution in [-0.4, -0.2) is 32.9 Å². The van der Waals surface area contributed by atoms with Crippen LogP contribution in [0, 0.1) is 0 Å². The number of aryl methyl sites for hydroxylation is 1. The second-order valence-electron chi connectivity index (χ2n) is 4.34. The smallest absolute Gasteiger partial charge is 0.242 e. The summed E-state index contributed by atoms with van der Waals surface area (Å²) in [5, 5.41) is 0. The highest BCUT2D eigenvalue weighted by molar-refractivity contribution is 5.84. The molecule has 5 nitrogen and oxygen atoms in total. The number of hydrogen-bond acceptors (Lipinski definition) is 3. The zero-order valence-corrected chi connectivity index (χ0v) is 9.69. The van der Waals surface area contributed by atoms with Gasteiger partial charge in [0.15, 0.2) is 0 Å². The highest BCUT2D eigenvalue weighted by atomic mass is 16.2. The minimum Gasteiger partial charge on any atom is -0.337 e. The molecule has 0 aliphatic rings. The lowest BCUT2D eigenvalue weighted by molar-refractivity contribution is -0.135. The summed E-state index contributed by atoms with van der Waals surface area (Å²) in [6.45, 7) is 3.87. The van der Waals surface area contributed by atoms with Crippen molar-refractivity contribution >= 4 is 5.91 Å². The first-order valence-electron chi connectivity index (χ1n) is 4.83. The molecule has 0 aliphatic heterocycles. The average Bonchev–Trinajstić information content (AvgIpc) is 2.49. The van der Waals surface area contributed by atoms with Crippen molar-refractivity contribution in [3.8, 4) is 0 Å². The number of likely N-dealkylation sites (N-methyl/N-ethyl adjacent to an activating group) is 1. The van der Waals surface area contributed by atoms with Gasteiger partial charge in [0.2, 0.25) is 5.91 Å². The molecule has 0 radical (unpaired) electrons. The van der Waals surface area contributed by atoms with E-state index in [1.807, 2.05) is 17.8 Å². The van der Waals surface area contributed by atoms with E-state index in [4.69, 9.17) is 5.73 Å². The Morgan fingerprint density at radius 1 is 1.67 bits per heavy atom. The van der Waals surface area contributed by atoms with Gasteiger partial charge in [-0.1, -0.05) is 0 Å². The van der Waals surface area contributed by atoms with Crippen molar-refractivity contribution in [2.24, 2.45) is 12.8 Å². The highest BCUT2D eigenvalue weighted by Gasteiger charge is 2.25. The molecule has 0 saturated carbocycles. The van der Waals surface area contributed by atoms with Crippen LogP contribution in [0.2, 0.25) is 0 Å². The SMILES string of the molecule is CN(Cc1nccn1C)C(=O)C(C)(C)N. The van der Waals surface area contributed by atoms with Crippen LogP contribution in [0.25, 0.3) is 0 Å². The van der Waals surface area contributed by atoms with Gasteiger partial charge in [0, 0.05) is 26.5 Å². The summed E-state index contributed by atoms with van der Waals surface area (Å²) < 4.78 is 1.88. The van der Waals surface area contributed by atoms with E-state index in [9.17, 15) is 4.79 Å². The van der Waals surface area contributed by atoms with Crippen molar-refractivity contribution < 1.29 is 4.79 Å². The fourth-order valence-corrected chi connectivity index (χ4v) is 1.32. The molecular formula is C10H18N4O. The van der Waals surface area contributed by atoms with Crippen LogP contribution in [0.15, 0.2) is 12.4 Å². The summed E-state index contributed by atoms with van der Waals surface area (Å²) >= 11 is 0. The molecule has 15 heavy (non-hydrogen) atoms. The standard InChI is InChI=1S/C10H18N4O/c1-10(2,11)9(15)14(4)7-8-12-5-6-13(8)3/h5-6H,7,11H2,1-4H3. The number of carbonyl (C=O) groups excluding carboxylic acids is 1. The van der Waals surface area contributed by atoms with Crippen LogP contribution >= 0.6 is 0 Å². The molecule has 1 amide bonds. The van der Waals surface area contributed by atoms with E-state index in [-0.39, 0.29) is 5.91 Å². The maximum absolute atomic E-state index is 11.8. The van der Waals surface area contributed by atoms with Crippen molar-refractivity contribution in [2.75, 3.05) is 7.05 Å². The van der Waals surface area contributed by atoms with Crippen LogP contribution in [0.5, 0.6) is 0 Å². The topological polar surface area (TPSA) is 64.2 Å². The van der Waals surface area contributed by atoms with Crippen LogP contribution in [0.4, 0.5) is 0 Å². The van der Waals surface area contributed by atoms with Gasteiger partial charge in [-0.15, -0.1) is 0 Å². The molecule has 0 spiro atoms. The molecule has 0 aliphatic carbocycles. The molecule has 1 aromatic rings. The summed E-state index contributed by atoms with van der Waals surface area (Å²) in [4.78, 5) is 17.5.